The summed E-state index contributed by atoms with van der Waals surface area (Å²) in [5, 5.41) is 1.45. The van der Waals surface area contributed by atoms with Gasteiger partial charge in [0.15, 0.2) is 5.13 Å². The number of ether oxygens (including phenoxy) is 1. The molecule has 3 rings (SSSR count). The highest BCUT2D eigenvalue weighted by Gasteiger charge is 2.22. The molecule has 5 nitrogen and oxygen atoms in total. The predicted molar refractivity (Wildman–Crippen MR) is 145 cm³/mol. The number of rotatable bonds is 11. The number of nitrogens with zero attached hydrogens (tertiary/aromatic N) is 3. The van der Waals surface area contributed by atoms with E-state index in [4.69, 9.17) is 21.3 Å². The number of thioether (sulfide) groups is 1. The molecule has 0 unspecified atom stereocenters. The Morgan fingerprint density at radius 2 is 1.82 bits per heavy atom. The van der Waals surface area contributed by atoms with Gasteiger partial charge in [0.25, 0.3) is 0 Å². The zero-order valence-corrected chi connectivity index (χ0v) is 22.7. The van der Waals surface area contributed by atoms with Gasteiger partial charge in [0.05, 0.1) is 11.8 Å². The molecule has 0 bridgehead atoms. The number of aryl methyl sites for hydroxylation is 1. The molecule has 180 valence electrons. The summed E-state index contributed by atoms with van der Waals surface area (Å²) in [5.41, 5.74) is 1.96. The summed E-state index contributed by atoms with van der Waals surface area (Å²) in [7, 11) is 1.65. The average Bonchev–Trinajstić information content (AvgIpc) is 3.24. The largest absolute Gasteiger partial charge is 0.494 e. The minimum absolute atomic E-state index is 0. The lowest BCUT2D eigenvalue weighted by molar-refractivity contribution is -0.118. The monoisotopic (exact) mass is 527 g/mol. The van der Waals surface area contributed by atoms with Gasteiger partial charge < -0.3 is 9.64 Å². The van der Waals surface area contributed by atoms with Crippen LogP contribution in [0, 0.1) is 6.92 Å². The number of anilines is 1. The topological polar surface area (TPSA) is 45.7 Å². The highest BCUT2D eigenvalue weighted by molar-refractivity contribution is 7.99. The minimum atomic E-state index is 0. The van der Waals surface area contributed by atoms with Crippen LogP contribution in [0.3, 0.4) is 0 Å². The Morgan fingerprint density at radius 1 is 1.12 bits per heavy atom. The Morgan fingerprint density at radius 3 is 2.45 bits per heavy atom. The van der Waals surface area contributed by atoms with E-state index in [0.29, 0.717) is 18.7 Å². The zero-order chi connectivity index (χ0) is 23.1. The van der Waals surface area contributed by atoms with Crippen LogP contribution in [-0.2, 0) is 4.79 Å². The number of hydrogen-bond donors (Lipinski definition) is 0. The first-order valence-corrected chi connectivity index (χ1v) is 13.0. The van der Waals surface area contributed by atoms with Crippen molar-refractivity contribution in [1.82, 2.24) is 9.88 Å². The Bertz CT molecular complexity index is 1040. The van der Waals surface area contributed by atoms with Crippen LogP contribution in [0.4, 0.5) is 5.13 Å². The Labute approximate surface area is 215 Å². The van der Waals surface area contributed by atoms with Crippen molar-refractivity contribution in [2.75, 3.05) is 43.9 Å². The van der Waals surface area contributed by atoms with E-state index < -0.39 is 0 Å². The van der Waals surface area contributed by atoms with E-state index in [9.17, 15) is 4.79 Å². The molecule has 33 heavy (non-hydrogen) atoms. The first-order valence-electron chi connectivity index (χ1n) is 10.8. The Kier molecular flexibility index (Phi) is 11.3. The number of methoxy groups -OCH3 is 1. The van der Waals surface area contributed by atoms with Gasteiger partial charge in [-0.1, -0.05) is 42.9 Å². The predicted octanol–water partition coefficient (Wildman–Crippen LogP) is 6.55. The number of carbonyl (C=O) groups is 1. The van der Waals surface area contributed by atoms with Crippen molar-refractivity contribution in [3.05, 3.63) is 47.0 Å². The molecule has 1 amide bonds. The third-order valence-corrected chi connectivity index (χ3v) is 7.86. The maximum atomic E-state index is 13.3. The van der Waals surface area contributed by atoms with Gasteiger partial charge in [-0.2, -0.15) is 0 Å². The molecule has 0 atom stereocenters. The summed E-state index contributed by atoms with van der Waals surface area (Å²) in [6.45, 7) is 9.70. The summed E-state index contributed by atoms with van der Waals surface area (Å²) in [4.78, 5) is 23.4. The summed E-state index contributed by atoms with van der Waals surface area (Å²) >= 11 is 9.19. The molecular formula is C24H31Cl2N3O2S2. The lowest BCUT2D eigenvalue weighted by Gasteiger charge is -2.24. The molecule has 0 aliphatic rings. The summed E-state index contributed by atoms with van der Waals surface area (Å²) in [6, 6.07) is 11.7. The van der Waals surface area contributed by atoms with Crippen LogP contribution in [0.15, 0.2) is 41.3 Å². The average molecular weight is 529 g/mol. The summed E-state index contributed by atoms with van der Waals surface area (Å²) in [5.74, 6) is 1.53. The molecule has 1 aromatic heterocycles. The molecule has 0 saturated heterocycles. The molecule has 9 heteroatoms. The zero-order valence-electron chi connectivity index (χ0n) is 19.5. The molecule has 0 spiro atoms. The molecule has 0 radical (unpaired) electrons. The van der Waals surface area contributed by atoms with E-state index in [1.54, 1.807) is 30.2 Å². The fourth-order valence-corrected chi connectivity index (χ4v) is 5.47. The van der Waals surface area contributed by atoms with E-state index in [1.807, 2.05) is 41.3 Å². The number of likely N-dealkylation sites (N-methyl/N-ethyl adjacent to an activating group) is 1. The number of aromatic nitrogens is 1. The molecule has 0 aliphatic heterocycles. The highest BCUT2D eigenvalue weighted by Crippen LogP contribution is 2.36. The second-order valence-corrected chi connectivity index (χ2v) is 9.97. The Hall–Kier alpha value is -1.51. The van der Waals surface area contributed by atoms with Crippen LogP contribution in [0.25, 0.3) is 10.2 Å². The van der Waals surface area contributed by atoms with Crippen molar-refractivity contribution in [3.8, 4) is 5.75 Å². The fraction of sp³-hybridized carbons (Fsp3) is 0.417. The van der Waals surface area contributed by atoms with E-state index in [2.05, 4.69) is 25.7 Å². The van der Waals surface area contributed by atoms with Crippen LogP contribution in [0.1, 0.15) is 25.8 Å². The lowest BCUT2D eigenvalue weighted by atomic mass is 10.2. The highest BCUT2D eigenvalue weighted by atomic mass is 35.5. The molecule has 0 saturated carbocycles. The van der Waals surface area contributed by atoms with Crippen molar-refractivity contribution in [2.45, 2.75) is 32.1 Å². The second-order valence-electron chi connectivity index (χ2n) is 7.38. The molecule has 1 heterocycles. The van der Waals surface area contributed by atoms with Gasteiger partial charge in [0, 0.05) is 35.2 Å². The SMILES string of the molecule is CCN(CC)CCN(C(=O)CCSc1ccc(Cl)cc1)c1nc2c(OC)ccc(C)c2s1.Cl. The van der Waals surface area contributed by atoms with E-state index in [1.165, 1.54) is 0 Å². The van der Waals surface area contributed by atoms with Gasteiger partial charge in [-0.15, -0.1) is 24.2 Å². The van der Waals surface area contributed by atoms with E-state index in [-0.39, 0.29) is 18.3 Å². The second kappa shape index (κ2) is 13.4. The van der Waals surface area contributed by atoms with Crippen molar-refractivity contribution in [1.29, 1.82) is 0 Å². The van der Waals surface area contributed by atoms with Crippen LogP contribution >= 0.6 is 47.1 Å². The van der Waals surface area contributed by atoms with Crippen LogP contribution in [-0.4, -0.2) is 54.8 Å². The molecular weight excluding hydrogens is 497 g/mol. The molecule has 0 fully saturated rings. The van der Waals surface area contributed by atoms with E-state index in [0.717, 1.165) is 56.2 Å². The Balaban J connectivity index is 0.00000385. The first kappa shape index (κ1) is 27.7. The maximum absolute atomic E-state index is 13.3. The normalized spacial score (nSPS) is 11.0. The van der Waals surface area contributed by atoms with Crippen molar-refractivity contribution < 1.29 is 9.53 Å². The third-order valence-electron chi connectivity index (χ3n) is 5.38. The van der Waals surface area contributed by atoms with Crippen LogP contribution in [0.5, 0.6) is 5.75 Å². The van der Waals surface area contributed by atoms with Gasteiger partial charge in [0.2, 0.25) is 5.91 Å². The number of amides is 1. The quantitative estimate of drug-likeness (QED) is 0.264. The number of halogens is 2. The van der Waals surface area contributed by atoms with Gasteiger partial charge in [-0.3, -0.25) is 9.69 Å². The van der Waals surface area contributed by atoms with Crippen LogP contribution < -0.4 is 9.64 Å². The number of carbonyl (C=O) groups excluding carboxylic acids is 1. The number of fused-ring (bicyclic) bond motifs is 1. The minimum Gasteiger partial charge on any atom is -0.494 e. The molecule has 2 aromatic carbocycles. The first-order chi connectivity index (χ1) is 15.5. The van der Waals surface area contributed by atoms with Crippen LogP contribution in [0.2, 0.25) is 5.02 Å². The summed E-state index contributed by atoms with van der Waals surface area (Å²) < 4.78 is 6.58. The number of thiazole rings is 1. The molecule has 3 aromatic rings. The smallest absolute Gasteiger partial charge is 0.229 e. The van der Waals surface area contributed by atoms with Gasteiger partial charge in [-0.25, -0.2) is 4.98 Å². The van der Waals surface area contributed by atoms with Crippen molar-refractivity contribution in [2.24, 2.45) is 0 Å². The van der Waals surface area contributed by atoms with Crippen molar-refractivity contribution >= 4 is 68.4 Å². The summed E-state index contributed by atoms with van der Waals surface area (Å²) in [6.07, 6.45) is 0.442. The standard InChI is InChI=1S/C24H30ClN3O2S2.ClH/c1-5-27(6-2)14-15-28(21(29)13-16-31-19-10-8-18(25)9-11-19)24-26-22-20(30-4)12-7-17(3)23(22)32-24;/h7-12H,5-6,13-16H2,1-4H3;1H. The molecule has 0 N–H and O–H groups in total. The maximum Gasteiger partial charge on any atom is 0.229 e. The number of benzene rings is 2. The van der Waals surface area contributed by atoms with E-state index >= 15 is 0 Å². The van der Waals surface area contributed by atoms with Gasteiger partial charge >= 0.3 is 0 Å². The molecule has 0 aliphatic carbocycles. The van der Waals surface area contributed by atoms with Gasteiger partial charge in [-0.05, 0) is 55.9 Å². The lowest BCUT2D eigenvalue weighted by Crippen LogP contribution is -2.39. The number of hydrogen-bond acceptors (Lipinski definition) is 6. The third kappa shape index (κ3) is 7.23. The fourth-order valence-electron chi connectivity index (χ4n) is 3.41. The van der Waals surface area contributed by atoms with Gasteiger partial charge in [0.1, 0.15) is 11.3 Å². The van der Waals surface area contributed by atoms with Crippen molar-refractivity contribution in [3.63, 3.8) is 0 Å².